The number of thiophene rings is 1. The second-order valence-electron chi connectivity index (χ2n) is 4.10. The van der Waals surface area contributed by atoms with Gasteiger partial charge in [0, 0.05) is 21.3 Å². The van der Waals surface area contributed by atoms with Gasteiger partial charge in [0.2, 0.25) is 0 Å². The summed E-state index contributed by atoms with van der Waals surface area (Å²) in [7, 11) is 1.95. The highest BCUT2D eigenvalue weighted by molar-refractivity contribution is 7.11. The van der Waals surface area contributed by atoms with Gasteiger partial charge in [0.15, 0.2) is 0 Å². The Hall–Kier alpha value is -1.03. The molecular weight excluding hydrogens is 266 g/mol. The van der Waals surface area contributed by atoms with E-state index in [9.17, 15) is 0 Å². The summed E-state index contributed by atoms with van der Waals surface area (Å²) in [4.78, 5) is 2.54. The molecule has 0 aliphatic carbocycles. The predicted octanol–water partition coefficient (Wildman–Crippen LogP) is 4.01. The molecule has 2 rings (SSSR count). The van der Waals surface area contributed by atoms with Gasteiger partial charge in [-0.1, -0.05) is 17.7 Å². The van der Waals surface area contributed by atoms with Crippen molar-refractivity contribution in [2.45, 2.75) is 20.1 Å². The van der Waals surface area contributed by atoms with Crippen LogP contribution in [0.15, 0.2) is 30.3 Å². The molecule has 1 N–H and O–H groups in total. The second-order valence-corrected chi connectivity index (χ2v) is 5.79. The van der Waals surface area contributed by atoms with E-state index in [1.165, 1.54) is 9.75 Å². The molecule has 1 aromatic carbocycles. The lowest BCUT2D eigenvalue weighted by atomic mass is 10.2. The number of benzene rings is 1. The minimum Gasteiger partial charge on any atom is -0.488 e. The van der Waals surface area contributed by atoms with Crippen molar-refractivity contribution in [1.82, 2.24) is 5.32 Å². The topological polar surface area (TPSA) is 21.3 Å². The predicted molar refractivity (Wildman–Crippen MR) is 77.6 cm³/mol. The Morgan fingerprint density at radius 3 is 2.78 bits per heavy atom. The van der Waals surface area contributed by atoms with Crippen LogP contribution in [0.4, 0.5) is 0 Å². The van der Waals surface area contributed by atoms with Crippen LogP contribution in [0.5, 0.6) is 5.75 Å². The molecule has 0 unspecified atom stereocenters. The number of aryl methyl sites for hydroxylation is 1. The van der Waals surface area contributed by atoms with Gasteiger partial charge in [-0.2, -0.15) is 0 Å². The minimum atomic E-state index is 0.593. The Balaban J connectivity index is 1.99. The van der Waals surface area contributed by atoms with E-state index >= 15 is 0 Å². The largest absolute Gasteiger partial charge is 0.488 e. The van der Waals surface area contributed by atoms with Crippen molar-refractivity contribution in [3.8, 4) is 5.75 Å². The smallest absolute Gasteiger partial charge is 0.124 e. The Morgan fingerprint density at radius 2 is 2.00 bits per heavy atom. The molecule has 1 aromatic heterocycles. The van der Waals surface area contributed by atoms with Gasteiger partial charge in [0.25, 0.3) is 0 Å². The maximum atomic E-state index is 5.96. The number of rotatable bonds is 5. The maximum absolute atomic E-state index is 5.96. The lowest BCUT2D eigenvalue weighted by Crippen LogP contribution is -2.02. The summed E-state index contributed by atoms with van der Waals surface area (Å²) in [5, 5.41) is 3.85. The van der Waals surface area contributed by atoms with Crippen LogP contribution in [0.3, 0.4) is 0 Å². The maximum Gasteiger partial charge on any atom is 0.124 e. The molecule has 0 fully saturated rings. The Morgan fingerprint density at radius 1 is 1.22 bits per heavy atom. The average molecular weight is 282 g/mol. The molecule has 2 aromatic rings. The fourth-order valence-electron chi connectivity index (χ4n) is 1.65. The van der Waals surface area contributed by atoms with Crippen LogP contribution in [0.25, 0.3) is 0 Å². The summed E-state index contributed by atoms with van der Waals surface area (Å²) in [5.74, 6) is 0.853. The molecule has 18 heavy (non-hydrogen) atoms. The Kier molecular flexibility index (Phi) is 4.64. The van der Waals surface area contributed by atoms with Crippen LogP contribution >= 0.6 is 22.9 Å². The molecule has 0 spiro atoms. The van der Waals surface area contributed by atoms with Crippen molar-refractivity contribution in [1.29, 1.82) is 0 Å². The summed E-state index contributed by atoms with van der Waals surface area (Å²) < 4.78 is 5.80. The lowest BCUT2D eigenvalue weighted by molar-refractivity contribution is 0.307. The van der Waals surface area contributed by atoms with Crippen LogP contribution in [-0.4, -0.2) is 7.05 Å². The molecule has 0 amide bonds. The summed E-state index contributed by atoms with van der Waals surface area (Å²) >= 11 is 7.72. The van der Waals surface area contributed by atoms with Crippen LogP contribution in [0.2, 0.25) is 5.02 Å². The van der Waals surface area contributed by atoms with E-state index in [1.807, 2.05) is 32.2 Å². The fourth-order valence-corrected chi connectivity index (χ4v) is 2.75. The van der Waals surface area contributed by atoms with Crippen LogP contribution < -0.4 is 10.1 Å². The zero-order valence-electron chi connectivity index (χ0n) is 10.5. The highest BCUT2D eigenvalue weighted by Gasteiger charge is 2.03. The first-order valence-corrected chi connectivity index (χ1v) is 6.99. The van der Waals surface area contributed by atoms with Gasteiger partial charge in [-0.15, -0.1) is 11.3 Å². The van der Waals surface area contributed by atoms with E-state index in [4.69, 9.17) is 16.3 Å². The Bertz CT molecular complexity index is 524. The van der Waals surface area contributed by atoms with Gasteiger partial charge in [-0.25, -0.2) is 0 Å². The number of ether oxygens (including phenoxy) is 1. The normalized spacial score (nSPS) is 10.6. The third-order valence-electron chi connectivity index (χ3n) is 2.59. The first kappa shape index (κ1) is 13.4. The highest BCUT2D eigenvalue weighted by Crippen LogP contribution is 2.25. The van der Waals surface area contributed by atoms with E-state index in [0.717, 1.165) is 17.9 Å². The molecule has 0 aliphatic heterocycles. The van der Waals surface area contributed by atoms with Crippen LogP contribution in [0, 0.1) is 6.92 Å². The van der Waals surface area contributed by atoms with Crippen molar-refractivity contribution in [2.75, 3.05) is 7.05 Å². The molecular formula is C14H16ClNOS. The van der Waals surface area contributed by atoms with Crippen molar-refractivity contribution in [3.05, 3.63) is 50.7 Å². The molecule has 0 bridgehead atoms. The SMILES string of the molecule is CNCc1ccc(COc2cc(Cl)ccc2C)s1. The Labute approximate surface area is 117 Å². The quantitative estimate of drug-likeness (QED) is 0.894. The van der Waals surface area contributed by atoms with E-state index in [1.54, 1.807) is 11.3 Å². The monoisotopic (exact) mass is 281 g/mol. The molecule has 0 saturated heterocycles. The number of hydrogen-bond donors (Lipinski definition) is 1. The first-order valence-electron chi connectivity index (χ1n) is 5.80. The molecule has 0 radical (unpaired) electrons. The van der Waals surface area contributed by atoms with Gasteiger partial charge in [-0.05, 0) is 43.8 Å². The lowest BCUT2D eigenvalue weighted by Gasteiger charge is -2.08. The second kappa shape index (κ2) is 6.23. The van der Waals surface area contributed by atoms with E-state index in [-0.39, 0.29) is 0 Å². The summed E-state index contributed by atoms with van der Waals surface area (Å²) in [6, 6.07) is 9.94. The number of halogens is 1. The molecule has 4 heteroatoms. The molecule has 96 valence electrons. The zero-order valence-corrected chi connectivity index (χ0v) is 12.1. The van der Waals surface area contributed by atoms with Gasteiger partial charge in [-0.3, -0.25) is 0 Å². The van der Waals surface area contributed by atoms with Crippen molar-refractivity contribution in [3.63, 3.8) is 0 Å². The molecule has 0 aliphatic rings. The third kappa shape index (κ3) is 3.48. The minimum absolute atomic E-state index is 0.593. The molecule has 2 nitrogen and oxygen atoms in total. The van der Waals surface area contributed by atoms with Gasteiger partial charge in [0.05, 0.1) is 0 Å². The average Bonchev–Trinajstić information content (AvgIpc) is 2.79. The van der Waals surface area contributed by atoms with Gasteiger partial charge >= 0.3 is 0 Å². The van der Waals surface area contributed by atoms with E-state index in [2.05, 4.69) is 17.4 Å². The summed E-state index contributed by atoms with van der Waals surface area (Å²) in [6.45, 7) is 3.52. The third-order valence-corrected chi connectivity index (χ3v) is 3.88. The van der Waals surface area contributed by atoms with Crippen LogP contribution in [-0.2, 0) is 13.2 Å². The number of nitrogens with one attached hydrogen (secondary N) is 1. The van der Waals surface area contributed by atoms with Gasteiger partial charge < -0.3 is 10.1 Å². The van der Waals surface area contributed by atoms with E-state index in [0.29, 0.717) is 11.6 Å². The molecule has 0 atom stereocenters. The van der Waals surface area contributed by atoms with Crippen molar-refractivity contribution >= 4 is 22.9 Å². The standard InChI is InChI=1S/C14H16ClNOS/c1-10-3-4-11(15)7-14(10)17-9-13-6-5-12(18-13)8-16-2/h3-7,16H,8-9H2,1-2H3. The van der Waals surface area contributed by atoms with Crippen molar-refractivity contribution in [2.24, 2.45) is 0 Å². The summed E-state index contributed by atoms with van der Waals surface area (Å²) in [6.07, 6.45) is 0. The number of hydrogen-bond acceptors (Lipinski definition) is 3. The molecule has 1 heterocycles. The first-order chi connectivity index (χ1) is 8.69. The molecule has 0 saturated carbocycles. The van der Waals surface area contributed by atoms with Gasteiger partial charge in [0.1, 0.15) is 12.4 Å². The van der Waals surface area contributed by atoms with E-state index < -0.39 is 0 Å². The highest BCUT2D eigenvalue weighted by atomic mass is 35.5. The zero-order chi connectivity index (χ0) is 13.0. The van der Waals surface area contributed by atoms with Crippen LogP contribution in [0.1, 0.15) is 15.3 Å². The van der Waals surface area contributed by atoms with Crippen molar-refractivity contribution < 1.29 is 4.74 Å². The fraction of sp³-hybridized carbons (Fsp3) is 0.286. The summed E-state index contributed by atoms with van der Waals surface area (Å²) in [5.41, 5.74) is 1.10.